The van der Waals surface area contributed by atoms with Gasteiger partial charge in [0.15, 0.2) is 0 Å². The minimum Gasteiger partial charge on any atom is -0.370 e. The fourth-order valence-electron chi connectivity index (χ4n) is 5.71. The summed E-state index contributed by atoms with van der Waals surface area (Å²) in [6, 6.07) is 5.51. The number of hydrogen-bond acceptors (Lipinski definition) is 7. The van der Waals surface area contributed by atoms with Crippen LogP contribution < -0.4 is 10.2 Å². The Morgan fingerprint density at radius 3 is 2.54 bits per heavy atom. The number of nitrogens with one attached hydrogen (secondary N) is 1. The molecule has 2 aliphatic heterocycles. The second kappa shape index (κ2) is 10.2. The molecule has 1 saturated carbocycles. The van der Waals surface area contributed by atoms with E-state index in [0.717, 1.165) is 63.6 Å². The maximum atomic E-state index is 13.6. The molecule has 3 aliphatic rings. The van der Waals surface area contributed by atoms with E-state index in [1.807, 2.05) is 12.1 Å². The standard InChI is InChI=1S/C26H33N5O4/c1-17-21(29-35-28-17)15-27-24(32)18-9-8-14-30(16-18)22-13-7-12-20-23(22)26(34)31(25(20)33)19-10-5-3-2-4-6-11-19/h7,12-13,18-19H,2-6,8-11,14-16H2,1H3,(H,27,32)/t18-/m1/s1. The first-order valence-electron chi connectivity index (χ1n) is 12.9. The Kier molecular flexibility index (Phi) is 6.83. The summed E-state index contributed by atoms with van der Waals surface area (Å²) in [7, 11) is 0. The molecule has 0 unspecified atom stereocenters. The minimum atomic E-state index is -0.214. The first-order valence-corrected chi connectivity index (χ1v) is 12.9. The summed E-state index contributed by atoms with van der Waals surface area (Å²) in [4.78, 5) is 43.5. The topological polar surface area (TPSA) is 109 Å². The molecule has 1 atom stereocenters. The van der Waals surface area contributed by atoms with Crippen molar-refractivity contribution in [2.24, 2.45) is 5.92 Å². The number of benzene rings is 1. The van der Waals surface area contributed by atoms with Crippen LogP contribution in [0.4, 0.5) is 5.69 Å². The summed E-state index contributed by atoms with van der Waals surface area (Å²) >= 11 is 0. The Morgan fingerprint density at radius 2 is 1.80 bits per heavy atom. The Hall–Kier alpha value is -3.23. The van der Waals surface area contributed by atoms with E-state index in [9.17, 15) is 14.4 Å². The molecule has 5 rings (SSSR count). The summed E-state index contributed by atoms with van der Waals surface area (Å²) in [5.74, 6) is -0.607. The van der Waals surface area contributed by atoms with Crippen LogP contribution in [0.25, 0.3) is 0 Å². The van der Waals surface area contributed by atoms with Crippen molar-refractivity contribution in [1.29, 1.82) is 0 Å². The van der Waals surface area contributed by atoms with E-state index in [2.05, 4.69) is 20.5 Å². The predicted molar refractivity (Wildman–Crippen MR) is 129 cm³/mol. The molecule has 9 nitrogen and oxygen atoms in total. The van der Waals surface area contributed by atoms with Crippen LogP contribution in [0.1, 0.15) is 89.9 Å². The number of piperidine rings is 1. The van der Waals surface area contributed by atoms with Crippen LogP contribution in [-0.4, -0.2) is 52.1 Å². The molecule has 2 fully saturated rings. The van der Waals surface area contributed by atoms with Crippen LogP contribution in [0, 0.1) is 12.8 Å². The van der Waals surface area contributed by atoms with Crippen LogP contribution in [0.15, 0.2) is 22.8 Å². The van der Waals surface area contributed by atoms with Crippen molar-refractivity contribution in [3.05, 3.63) is 40.7 Å². The molecule has 0 radical (unpaired) electrons. The van der Waals surface area contributed by atoms with Crippen LogP contribution in [0.3, 0.4) is 0 Å². The lowest BCUT2D eigenvalue weighted by atomic mass is 9.95. The molecule has 1 saturated heterocycles. The molecule has 35 heavy (non-hydrogen) atoms. The number of nitrogens with zero attached hydrogens (tertiary/aromatic N) is 4. The predicted octanol–water partition coefficient (Wildman–Crippen LogP) is 3.62. The zero-order valence-electron chi connectivity index (χ0n) is 20.3. The first kappa shape index (κ1) is 23.5. The second-order valence-corrected chi connectivity index (χ2v) is 9.98. The van der Waals surface area contributed by atoms with Crippen molar-refractivity contribution < 1.29 is 19.0 Å². The molecule has 3 amide bonds. The monoisotopic (exact) mass is 479 g/mol. The van der Waals surface area contributed by atoms with Gasteiger partial charge in [-0.2, -0.15) is 0 Å². The largest absolute Gasteiger partial charge is 0.370 e. The van der Waals surface area contributed by atoms with Gasteiger partial charge in [-0.3, -0.25) is 19.3 Å². The van der Waals surface area contributed by atoms with E-state index >= 15 is 0 Å². The van der Waals surface area contributed by atoms with Gasteiger partial charge in [0.2, 0.25) is 5.91 Å². The van der Waals surface area contributed by atoms with Crippen molar-refractivity contribution in [2.45, 2.75) is 77.3 Å². The van der Waals surface area contributed by atoms with Crippen molar-refractivity contribution in [3.8, 4) is 0 Å². The van der Waals surface area contributed by atoms with Crippen molar-refractivity contribution >= 4 is 23.4 Å². The van der Waals surface area contributed by atoms with Gasteiger partial charge in [-0.25, -0.2) is 4.63 Å². The molecule has 0 spiro atoms. The average Bonchev–Trinajstić information content (AvgIpc) is 3.38. The van der Waals surface area contributed by atoms with E-state index in [4.69, 9.17) is 4.63 Å². The molecule has 1 aliphatic carbocycles. The number of imide groups is 1. The third kappa shape index (κ3) is 4.68. The average molecular weight is 480 g/mol. The Labute approximate surface area is 205 Å². The van der Waals surface area contributed by atoms with E-state index in [0.29, 0.717) is 29.1 Å². The van der Waals surface area contributed by atoms with Crippen LogP contribution in [0.2, 0.25) is 0 Å². The zero-order valence-corrected chi connectivity index (χ0v) is 20.3. The van der Waals surface area contributed by atoms with Crippen LogP contribution in [-0.2, 0) is 11.3 Å². The van der Waals surface area contributed by atoms with Crippen molar-refractivity contribution in [1.82, 2.24) is 20.5 Å². The second-order valence-electron chi connectivity index (χ2n) is 9.98. The highest BCUT2D eigenvalue weighted by Crippen LogP contribution is 2.36. The van der Waals surface area contributed by atoms with E-state index in [1.165, 1.54) is 11.3 Å². The SMILES string of the molecule is Cc1nonc1CNC(=O)[C@@H]1CCCN(c2cccc3c2C(=O)N(C2CCCCCCC2)C3=O)C1. The maximum Gasteiger partial charge on any atom is 0.263 e. The number of fused-ring (bicyclic) bond motifs is 1. The summed E-state index contributed by atoms with van der Waals surface area (Å²) in [6.45, 7) is 3.31. The summed E-state index contributed by atoms with van der Waals surface area (Å²) in [5, 5.41) is 10.5. The number of aromatic nitrogens is 2. The number of carbonyl (C=O) groups is 3. The van der Waals surface area contributed by atoms with Gasteiger partial charge in [0.05, 0.1) is 29.3 Å². The van der Waals surface area contributed by atoms with Crippen molar-refractivity contribution in [2.75, 3.05) is 18.0 Å². The first-order chi connectivity index (χ1) is 17.0. The molecular weight excluding hydrogens is 446 g/mol. The highest BCUT2D eigenvalue weighted by molar-refractivity contribution is 6.24. The lowest BCUT2D eigenvalue weighted by molar-refractivity contribution is -0.125. The number of hydrogen-bond donors (Lipinski definition) is 1. The normalized spacial score (nSPS) is 21.6. The number of rotatable bonds is 5. The number of carbonyl (C=O) groups excluding carboxylic acids is 3. The third-order valence-electron chi connectivity index (χ3n) is 7.67. The van der Waals surface area contributed by atoms with Gasteiger partial charge >= 0.3 is 0 Å². The van der Waals surface area contributed by atoms with Gasteiger partial charge in [0.1, 0.15) is 11.4 Å². The number of anilines is 1. The number of amides is 3. The Bertz CT molecular complexity index is 1100. The van der Waals surface area contributed by atoms with Crippen molar-refractivity contribution in [3.63, 3.8) is 0 Å². The summed E-state index contributed by atoms with van der Waals surface area (Å²) < 4.78 is 4.70. The van der Waals surface area contributed by atoms with E-state index < -0.39 is 0 Å². The maximum absolute atomic E-state index is 13.6. The molecule has 1 aromatic carbocycles. The van der Waals surface area contributed by atoms with Gasteiger partial charge in [-0.05, 0) is 44.7 Å². The highest BCUT2D eigenvalue weighted by atomic mass is 16.6. The molecule has 9 heteroatoms. The molecule has 186 valence electrons. The smallest absolute Gasteiger partial charge is 0.263 e. The summed E-state index contributed by atoms with van der Waals surface area (Å²) in [6.07, 6.45) is 9.03. The molecule has 0 bridgehead atoms. The van der Waals surface area contributed by atoms with Gasteiger partial charge in [0, 0.05) is 19.1 Å². The lowest BCUT2D eigenvalue weighted by Gasteiger charge is -2.34. The quantitative estimate of drug-likeness (QED) is 0.653. The Balaban J connectivity index is 1.32. The van der Waals surface area contributed by atoms with Gasteiger partial charge < -0.3 is 10.2 Å². The third-order valence-corrected chi connectivity index (χ3v) is 7.67. The fourth-order valence-corrected chi connectivity index (χ4v) is 5.71. The molecule has 1 N–H and O–H groups in total. The molecule has 2 aromatic rings. The number of aryl methyl sites for hydroxylation is 1. The van der Waals surface area contributed by atoms with Crippen LogP contribution in [0.5, 0.6) is 0 Å². The molecule has 1 aromatic heterocycles. The molecular formula is C26H33N5O4. The van der Waals surface area contributed by atoms with E-state index in [1.54, 1.807) is 13.0 Å². The van der Waals surface area contributed by atoms with Gasteiger partial charge in [-0.15, -0.1) is 0 Å². The zero-order chi connectivity index (χ0) is 24.4. The van der Waals surface area contributed by atoms with E-state index in [-0.39, 0.29) is 36.2 Å². The lowest BCUT2D eigenvalue weighted by Crippen LogP contribution is -2.44. The van der Waals surface area contributed by atoms with Gasteiger partial charge in [0.25, 0.3) is 11.8 Å². The minimum absolute atomic E-state index is 0.0232. The molecule has 3 heterocycles. The summed E-state index contributed by atoms with van der Waals surface area (Å²) in [5.41, 5.74) is 3.04. The highest BCUT2D eigenvalue weighted by Gasteiger charge is 2.42. The van der Waals surface area contributed by atoms with Crippen LogP contribution >= 0.6 is 0 Å². The Morgan fingerprint density at radius 1 is 1.03 bits per heavy atom. The fraction of sp³-hybridized carbons (Fsp3) is 0.577. The van der Waals surface area contributed by atoms with Gasteiger partial charge in [-0.1, -0.05) is 48.5 Å².